The predicted molar refractivity (Wildman–Crippen MR) is 60.3 cm³/mol. The van der Waals surface area contributed by atoms with Crippen LogP contribution < -0.4 is 4.87 Å². The first-order chi connectivity index (χ1) is 8.12. The van der Waals surface area contributed by atoms with Crippen molar-refractivity contribution in [2.45, 2.75) is 18.4 Å². The van der Waals surface area contributed by atoms with E-state index in [1.54, 1.807) is 0 Å². The topological polar surface area (TPSA) is 77.8 Å². The minimum Gasteiger partial charge on any atom is -0.494 e. The minimum absolute atomic E-state index is 0.202. The smallest absolute Gasteiger partial charge is 0.332 e. The zero-order valence-corrected chi connectivity index (χ0v) is 10.2. The second-order valence-electron chi connectivity index (χ2n) is 3.83. The number of methoxy groups -OCH3 is 1. The van der Waals surface area contributed by atoms with Crippen LogP contribution >= 0.6 is 11.3 Å². The predicted octanol–water partition coefficient (Wildman–Crippen LogP) is 0.294. The third kappa shape index (κ3) is 1.85. The Kier molecular flexibility index (Phi) is 3.21. The molecule has 0 radical (unpaired) electrons. The number of nitrogens with zero attached hydrogens (tertiary/aromatic N) is 1. The first kappa shape index (κ1) is 12.1. The Morgan fingerprint density at radius 2 is 2.24 bits per heavy atom. The van der Waals surface area contributed by atoms with Crippen LogP contribution in [0, 0.1) is 0 Å². The van der Waals surface area contributed by atoms with E-state index in [1.165, 1.54) is 12.5 Å². The highest BCUT2D eigenvalue weighted by Crippen LogP contribution is 2.33. The van der Waals surface area contributed by atoms with E-state index in [0.717, 1.165) is 15.9 Å². The van der Waals surface area contributed by atoms with Gasteiger partial charge in [0.25, 0.3) is 0 Å². The van der Waals surface area contributed by atoms with Crippen molar-refractivity contribution in [3.63, 3.8) is 0 Å². The van der Waals surface area contributed by atoms with Crippen LogP contribution in [0.2, 0.25) is 0 Å². The largest absolute Gasteiger partial charge is 0.494 e. The maximum Gasteiger partial charge on any atom is 0.332 e. The van der Waals surface area contributed by atoms with E-state index in [1.807, 2.05) is 0 Å². The number of hydrogen-bond acceptors (Lipinski definition) is 6. The van der Waals surface area contributed by atoms with Crippen LogP contribution in [0.4, 0.5) is 0 Å². The van der Waals surface area contributed by atoms with Crippen molar-refractivity contribution >= 4 is 17.3 Å². The number of rotatable bonds is 2. The molecule has 0 amide bonds. The highest BCUT2D eigenvalue weighted by molar-refractivity contribution is 7.07. The molecule has 94 valence electrons. The van der Waals surface area contributed by atoms with Gasteiger partial charge < -0.3 is 14.6 Å². The Hall–Kier alpha value is -1.34. The van der Waals surface area contributed by atoms with Crippen molar-refractivity contribution in [3.05, 3.63) is 15.0 Å². The Balaban J connectivity index is 2.54. The Morgan fingerprint density at radius 3 is 2.71 bits per heavy atom. The average Bonchev–Trinajstić information content (AvgIpc) is 2.69. The van der Waals surface area contributed by atoms with Crippen molar-refractivity contribution < 1.29 is 19.4 Å². The number of ether oxygens (including phenoxy) is 2. The summed E-state index contributed by atoms with van der Waals surface area (Å²) >= 11 is 0.860. The zero-order valence-electron chi connectivity index (χ0n) is 9.34. The summed E-state index contributed by atoms with van der Waals surface area (Å²) in [5, 5.41) is 11.0. The maximum atomic E-state index is 11.9. The molecule has 2 heterocycles. The summed E-state index contributed by atoms with van der Waals surface area (Å²) in [6.07, 6.45) is 0.647. The lowest BCUT2D eigenvalue weighted by atomic mass is 9.89. The quantitative estimate of drug-likeness (QED) is 0.773. The molecule has 0 aromatic carbocycles. The van der Waals surface area contributed by atoms with Crippen molar-refractivity contribution in [3.8, 4) is 5.88 Å². The van der Waals surface area contributed by atoms with Gasteiger partial charge in [-0.2, -0.15) is 0 Å². The molecule has 6 nitrogen and oxygen atoms in total. The highest BCUT2D eigenvalue weighted by atomic mass is 32.1. The molecule has 1 N–H and O–H groups in total. The van der Waals surface area contributed by atoms with E-state index in [9.17, 15) is 14.7 Å². The molecule has 0 bridgehead atoms. The average molecular weight is 259 g/mol. The summed E-state index contributed by atoms with van der Waals surface area (Å²) in [5.74, 6) is -0.719. The van der Waals surface area contributed by atoms with Crippen LogP contribution in [0.5, 0.6) is 5.88 Å². The van der Waals surface area contributed by atoms with Gasteiger partial charge in [-0.25, -0.2) is 4.79 Å². The Morgan fingerprint density at radius 1 is 1.59 bits per heavy atom. The summed E-state index contributed by atoms with van der Waals surface area (Å²) in [7, 11) is 1.27. The summed E-state index contributed by atoms with van der Waals surface area (Å²) < 4.78 is 11.1. The summed E-state index contributed by atoms with van der Waals surface area (Å²) in [6.45, 7) is 0.716. The number of thiazole rings is 1. The molecule has 2 rings (SSSR count). The number of aromatic hydroxyl groups is 1. The van der Waals surface area contributed by atoms with E-state index in [-0.39, 0.29) is 10.8 Å². The molecular weight excluding hydrogens is 246 g/mol. The van der Waals surface area contributed by atoms with Crippen molar-refractivity contribution in [2.75, 3.05) is 20.3 Å². The molecule has 7 heteroatoms. The third-order valence-electron chi connectivity index (χ3n) is 2.99. The fourth-order valence-corrected chi connectivity index (χ4v) is 2.80. The van der Waals surface area contributed by atoms with Gasteiger partial charge >= 0.3 is 10.8 Å². The van der Waals surface area contributed by atoms with Crippen LogP contribution in [-0.2, 0) is 19.8 Å². The highest BCUT2D eigenvalue weighted by Gasteiger charge is 2.45. The van der Waals surface area contributed by atoms with Crippen molar-refractivity contribution in [1.29, 1.82) is 0 Å². The van der Waals surface area contributed by atoms with E-state index in [0.29, 0.717) is 26.1 Å². The van der Waals surface area contributed by atoms with E-state index >= 15 is 0 Å². The SMILES string of the molecule is COC(=O)C1(n2c(O)csc2=O)CCOCC1. The second-order valence-corrected chi connectivity index (χ2v) is 4.65. The molecule has 17 heavy (non-hydrogen) atoms. The number of carbonyl (C=O) groups excluding carboxylic acids is 1. The van der Waals surface area contributed by atoms with E-state index in [2.05, 4.69) is 0 Å². The molecule has 1 fully saturated rings. The lowest BCUT2D eigenvalue weighted by Gasteiger charge is -2.35. The van der Waals surface area contributed by atoms with Gasteiger partial charge in [0, 0.05) is 26.1 Å². The van der Waals surface area contributed by atoms with Gasteiger partial charge in [-0.05, 0) is 0 Å². The minimum atomic E-state index is -1.13. The number of aromatic nitrogens is 1. The molecule has 1 aromatic heterocycles. The normalized spacial score (nSPS) is 18.9. The number of carbonyl (C=O) groups is 1. The van der Waals surface area contributed by atoms with Crippen molar-refractivity contribution in [2.24, 2.45) is 0 Å². The van der Waals surface area contributed by atoms with Crippen LogP contribution in [-0.4, -0.2) is 36.0 Å². The zero-order chi connectivity index (χ0) is 12.5. The van der Waals surface area contributed by atoms with Gasteiger partial charge in [-0.1, -0.05) is 11.3 Å². The molecule has 0 atom stereocenters. The monoisotopic (exact) mass is 259 g/mol. The maximum absolute atomic E-state index is 11.9. The lowest BCUT2D eigenvalue weighted by molar-refractivity contribution is -0.157. The van der Waals surface area contributed by atoms with E-state index in [4.69, 9.17) is 9.47 Å². The molecular formula is C10H13NO5S. The number of hydrogen-bond donors (Lipinski definition) is 1. The molecule has 1 aliphatic rings. The van der Waals surface area contributed by atoms with Gasteiger partial charge in [-0.3, -0.25) is 9.36 Å². The van der Waals surface area contributed by atoms with Gasteiger partial charge in [-0.15, -0.1) is 0 Å². The summed E-state index contributed by atoms with van der Waals surface area (Å²) in [4.78, 5) is 23.3. The first-order valence-electron chi connectivity index (χ1n) is 5.18. The van der Waals surface area contributed by atoms with Gasteiger partial charge in [0.15, 0.2) is 5.54 Å². The molecule has 1 aromatic rings. The standard InChI is InChI=1S/C10H13NO5S/c1-15-8(13)10(2-4-16-5-3-10)11-7(12)6-17-9(11)14/h6,12H,2-5H2,1H3. The van der Waals surface area contributed by atoms with Crippen LogP contribution in [0.1, 0.15) is 12.8 Å². The van der Waals surface area contributed by atoms with Gasteiger partial charge in [0.1, 0.15) is 0 Å². The molecule has 0 unspecified atom stereocenters. The first-order valence-corrected chi connectivity index (χ1v) is 6.06. The van der Waals surface area contributed by atoms with Crippen molar-refractivity contribution in [1.82, 2.24) is 4.57 Å². The Labute approximate surface area is 101 Å². The van der Waals surface area contributed by atoms with Crippen LogP contribution in [0.3, 0.4) is 0 Å². The number of esters is 1. The summed E-state index contributed by atoms with van der Waals surface area (Å²) in [5.41, 5.74) is -1.13. The van der Waals surface area contributed by atoms with Crippen LogP contribution in [0.15, 0.2) is 10.2 Å². The van der Waals surface area contributed by atoms with Gasteiger partial charge in [0.2, 0.25) is 5.88 Å². The third-order valence-corrected chi connectivity index (χ3v) is 3.70. The fraction of sp³-hybridized carbons (Fsp3) is 0.600. The molecule has 1 saturated heterocycles. The molecule has 1 aliphatic heterocycles. The van der Waals surface area contributed by atoms with Crippen LogP contribution in [0.25, 0.3) is 0 Å². The van der Waals surface area contributed by atoms with Gasteiger partial charge in [0.05, 0.1) is 12.5 Å². The second kappa shape index (κ2) is 4.50. The lowest BCUT2D eigenvalue weighted by Crippen LogP contribution is -2.50. The summed E-state index contributed by atoms with van der Waals surface area (Å²) in [6, 6.07) is 0. The molecule has 0 aliphatic carbocycles. The Bertz CT molecular complexity index is 471. The molecule has 0 saturated carbocycles. The fourth-order valence-electron chi connectivity index (χ4n) is 2.11. The van der Waals surface area contributed by atoms with E-state index < -0.39 is 11.5 Å². The molecule has 0 spiro atoms.